The number of anilines is 1. The second-order valence-corrected chi connectivity index (χ2v) is 11.8. The van der Waals surface area contributed by atoms with E-state index in [0.717, 1.165) is 13.1 Å². The number of nitrogens with one attached hydrogen (secondary N) is 1. The topological polar surface area (TPSA) is 118 Å². The fraction of sp³-hybridized carbons (Fsp3) is 0.357. The van der Waals surface area contributed by atoms with E-state index in [1.165, 1.54) is 23.2 Å². The monoisotopic (exact) mass is 591 g/mol. The van der Waals surface area contributed by atoms with E-state index in [4.69, 9.17) is 16.3 Å². The summed E-state index contributed by atoms with van der Waals surface area (Å²) in [5.74, 6) is -0.396. The minimum Gasteiger partial charge on any atom is -0.380 e. The largest absolute Gasteiger partial charge is 0.380 e. The van der Waals surface area contributed by atoms with Crippen molar-refractivity contribution in [2.75, 3.05) is 31.2 Å². The number of benzene rings is 1. The standard InChI is InChI=1S/C28H24ClF2N9O2/c29-18-2-4-20(39-14-34-36-37-39)23(25(18)31)15-7-16-1-3-21(40(16)22(41)8-15)26-33-9-19(35-26)17-5-6-32-27(24(17)30)38-10-28(11-38)12-42-13-28/h2,4-6,8-9,14,16,21H,1,3,7,10-13H2,(H,33,35). The molecule has 2 unspecified atom stereocenters. The number of hydrogen-bond donors (Lipinski definition) is 1. The summed E-state index contributed by atoms with van der Waals surface area (Å²) < 4.78 is 37.7. The average Bonchev–Trinajstić information content (AvgIpc) is 3.70. The molecule has 0 saturated carbocycles. The van der Waals surface area contributed by atoms with Crippen LogP contribution in [0.1, 0.15) is 36.7 Å². The molecule has 7 heterocycles. The van der Waals surface area contributed by atoms with Gasteiger partial charge in [-0.3, -0.25) is 4.79 Å². The van der Waals surface area contributed by atoms with Gasteiger partial charge in [-0.15, -0.1) is 5.10 Å². The second-order valence-electron chi connectivity index (χ2n) is 11.4. The highest BCUT2D eigenvalue weighted by molar-refractivity contribution is 6.31. The molecule has 2 atom stereocenters. The molecule has 1 aromatic carbocycles. The Bertz CT molecular complexity index is 1750. The van der Waals surface area contributed by atoms with Crippen molar-refractivity contribution in [3.05, 3.63) is 71.0 Å². The SMILES string of the molecule is O=C1C=C(c2c(-n3cnnn3)ccc(Cl)c2F)CC2CCC(c3ncc(-c4ccnc(N5CC6(COC6)C5)c4F)[nH]3)N12. The van der Waals surface area contributed by atoms with Gasteiger partial charge in [0.15, 0.2) is 17.5 Å². The van der Waals surface area contributed by atoms with Crippen LogP contribution >= 0.6 is 11.6 Å². The summed E-state index contributed by atoms with van der Waals surface area (Å²) in [5, 5.41) is 11.1. The fourth-order valence-corrected chi connectivity index (χ4v) is 6.85. The van der Waals surface area contributed by atoms with Crippen LogP contribution in [0.4, 0.5) is 14.6 Å². The van der Waals surface area contributed by atoms with Crippen molar-refractivity contribution in [2.24, 2.45) is 5.41 Å². The Morgan fingerprint density at radius 3 is 2.71 bits per heavy atom. The quantitative estimate of drug-likeness (QED) is 0.373. The molecular formula is C28H24ClF2N9O2. The number of rotatable bonds is 5. The van der Waals surface area contributed by atoms with E-state index in [1.807, 2.05) is 4.90 Å². The van der Waals surface area contributed by atoms with Crippen molar-refractivity contribution < 1.29 is 18.3 Å². The van der Waals surface area contributed by atoms with Gasteiger partial charge < -0.3 is 19.5 Å². The zero-order valence-corrected chi connectivity index (χ0v) is 22.9. The van der Waals surface area contributed by atoms with Gasteiger partial charge in [0, 0.05) is 42.5 Å². The first-order chi connectivity index (χ1) is 20.4. The van der Waals surface area contributed by atoms with Gasteiger partial charge in [-0.05, 0) is 53.5 Å². The van der Waals surface area contributed by atoms with Gasteiger partial charge in [0.2, 0.25) is 5.91 Å². The number of ether oxygens (including phenoxy) is 1. The van der Waals surface area contributed by atoms with E-state index < -0.39 is 11.6 Å². The van der Waals surface area contributed by atoms with Gasteiger partial charge >= 0.3 is 0 Å². The first-order valence-corrected chi connectivity index (χ1v) is 14.1. The lowest BCUT2D eigenvalue weighted by atomic mass is 9.78. The normalized spacial score (nSPS) is 22.6. The van der Waals surface area contributed by atoms with Gasteiger partial charge in [0.25, 0.3) is 0 Å². The van der Waals surface area contributed by atoms with Crippen LogP contribution in [0.5, 0.6) is 0 Å². The molecule has 4 aliphatic rings. The number of imidazole rings is 1. The third-order valence-corrected chi connectivity index (χ3v) is 9.03. The Labute approximate surface area is 243 Å². The summed E-state index contributed by atoms with van der Waals surface area (Å²) in [6, 6.07) is 4.19. The smallest absolute Gasteiger partial charge is 0.247 e. The van der Waals surface area contributed by atoms with Crippen LogP contribution in [0, 0.1) is 17.0 Å². The maximum Gasteiger partial charge on any atom is 0.247 e. The molecule has 42 heavy (non-hydrogen) atoms. The number of fused-ring (bicyclic) bond motifs is 1. The number of carbonyl (C=O) groups is 1. The maximum atomic E-state index is 15.6. The lowest BCUT2D eigenvalue weighted by molar-refractivity contribution is -0.129. The third kappa shape index (κ3) is 3.87. The lowest BCUT2D eigenvalue weighted by Gasteiger charge is -2.55. The number of nitrogens with zero attached hydrogens (tertiary/aromatic N) is 8. The molecule has 11 nitrogen and oxygen atoms in total. The molecule has 4 aliphatic heterocycles. The minimum absolute atomic E-state index is 0.0535. The molecular weight excluding hydrogens is 568 g/mol. The highest BCUT2D eigenvalue weighted by Gasteiger charge is 2.50. The van der Waals surface area contributed by atoms with E-state index in [0.29, 0.717) is 66.6 Å². The molecule has 0 radical (unpaired) electrons. The Balaban J connectivity index is 1.06. The van der Waals surface area contributed by atoms with E-state index in [-0.39, 0.29) is 34.0 Å². The predicted molar refractivity (Wildman–Crippen MR) is 147 cm³/mol. The molecule has 0 aliphatic carbocycles. The van der Waals surface area contributed by atoms with Gasteiger partial charge in [-0.25, -0.2) is 18.7 Å². The van der Waals surface area contributed by atoms with Gasteiger partial charge in [-0.1, -0.05) is 11.6 Å². The summed E-state index contributed by atoms with van der Waals surface area (Å²) in [4.78, 5) is 29.4. The molecule has 1 N–H and O–H groups in total. The van der Waals surface area contributed by atoms with Crippen LogP contribution in [-0.2, 0) is 9.53 Å². The van der Waals surface area contributed by atoms with Crippen molar-refractivity contribution in [2.45, 2.75) is 31.3 Å². The van der Waals surface area contributed by atoms with Crippen LogP contribution in [0.25, 0.3) is 22.5 Å². The van der Waals surface area contributed by atoms with Crippen LogP contribution in [0.2, 0.25) is 5.02 Å². The third-order valence-electron chi connectivity index (χ3n) is 8.74. The first kappa shape index (κ1) is 25.5. The molecule has 1 amide bonds. The van der Waals surface area contributed by atoms with Crippen LogP contribution < -0.4 is 4.90 Å². The zero-order valence-electron chi connectivity index (χ0n) is 22.2. The number of aromatic nitrogens is 7. The molecule has 8 rings (SSSR count). The van der Waals surface area contributed by atoms with Gasteiger partial charge in [0.1, 0.15) is 12.2 Å². The van der Waals surface area contributed by atoms with Crippen molar-refractivity contribution in [1.82, 2.24) is 40.1 Å². The van der Waals surface area contributed by atoms with E-state index in [9.17, 15) is 4.79 Å². The molecule has 3 aromatic heterocycles. The minimum atomic E-state index is -0.629. The number of H-pyrrole nitrogens is 1. The van der Waals surface area contributed by atoms with Crippen LogP contribution in [0.3, 0.4) is 0 Å². The van der Waals surface area contributed by atoms with Crippen LogP contribution in [0.15, 0.2) is 43.0 Å². The van der Waals surface area contributed by atoms with Crippen molar-refractivity contribution in [3.63, 3.8) is 0 Å². The highest BCUT2D eigenvalue weighted by Crippen LogP contribution is 2.45. The molecule has 14 heteroatoms. The van der Waals surface area contributed by atoms with Crippen molar-refractivity contribution in [1.29, 1.82) is 0 Å². The Morgan fingerprint density at radius 1 is 1.10 bits per heavy atom. The summed E-state index contributed by atoms with van der Waals surface area (Å²) in [7, 11) is 0. The van der Waals surface area contributed by atoms with E-state index in [2.05, 4.69) is 30.5 Å². The van der Waals surface area contributed by atoms with Crippen molar-refractivity contribution in [3.8, 4) is 16.9 Å². The second kappa shape index (κ2) is 9.39. The molecule has 3 fully saturated rings. The lowest BCUT2D eigenvalue weighted by Crippen LogP contribution is -2.66. The molecule has 214 valence electrons. The molecule has 1 spiro atoms. The number of aromatic amines is 1. The predicted octanol–water partition coefficient (Wildman–Crippen LogP) is 3.74. The average molecular weight is 592 g/mol. The van der Waals surface area contributed by atoms with Gasteiger partial charge in [0.05, 0.1) is 47.3 Å². The summed E-state index contributed by atoms with van der Waals surface area (Å²) in [6.07, 6.45) is 7.78. The number of hydrogen-bond acceptors (Lipinski definition) is 8. The number of halogens is 3. The summed E-state index contributed by atoms with van der Waals surface area (Å²) in [5.41, 5.74) is 2.15. The number of carbonyl (C=O) groups excluding carboxylic acids is 1. The molecule has 0 bridgehead atoms. The maximum absolute atomic E-state index is 15.6. The highest BCUT2D eigenvalue weighted by atomic mass is 35.5. The van der Waals surface area contributed by atoms with E-state index in [1.54, 1.807) is 29.4 Å². The first-order valence-electron chi connectivity index (χ1n) is 13.7. The number of amides is 1. The summed E-state index contributed by atoms with van der Waals surface area (Å²) in [6.45, 7) is 2.86. The number of pyridine rings is 1. The Morgan fingerprint density at radius 2 is 1.95 bits per heavy atom. The van der Waals surface area contributed by atoms with Crippen molar-refractivity contribution >= 4 is 28.9 Å². The Kier molecular flexibility index (Phi) is 5.70. The van der Waals surface area contributed by atoms with Crippen LogP contribution in [-0.4, -0.2) is 78.3 Å². The van der Waals surface area contributed by atoms with Gasteiger partial charge in [-0.2, -0.15) is 4.68 Å². The Hall–Kier alpha value is -4.23. The van der Waals surface area contributed by atoms with E-state index >= 15 is 8.78 Å². The molecule has 4 aromatic rings. The summed E-state index contributed by atoms with van der Waals surface area (Å²) >= 11 is 6.13. The molecule has 3 saturated heterocycles. The number of tetrazole rings is 1. The zero-order chi connectivity index (χ0) is 28.6. The fourth-order valence-electron chi connectivity index (χ4n) is 6.69.